The van der Waals surface area contributed by atoms with E-state index in [9.17, 15) is 0 Å². The first-order chi connectivity index (χ1) is 10.2. The molecule has 2 aromatic heterocycles. The molecule has 0 N–H and O–H groups in total. The van der Waals surface area contributed by atoms with Crippen molar-refractivity contribution in [3.05, 3.63) is 10.8 Å². The molecule has 112 valence electrons. The average molecular weight is 340 g/mol. The van der Waals surface area contributed by atoms with Crippen LogP contribution in [-0.2, 0) is 0 Å². The third-order valence-electron chi connectivity index (χ3n) is 3.74. The van der Waals surface area contributed by atoms with E-state index in [1.165, 1.54) is 9.00 Å². The van der Waals surface area contributed by atoms with E-state index in [1.54, 1.807) is 22.7 Å². The maximum absolute atomic E-state index is 5.88. The number of hydrogen-bond donors (Lipinski definition) is 0. The molecule has 7 heteroatoms. The number of rotatable bonds is 2. The number of thiophene rings is 2. The minimum absolute atomic E-state index is 0.628. The SMILES string of the molecule is C[Si](C)(c1scc2c1OCCO2)c1scc2c1OCCO2. The lowest BCUT2D eigenvalue weighted by Gasteiger charge is -2.25. The Morgan fingerprint density at radius 2 is 1.19 bits per heavy atom. The second-order valence-electron chi connectivity index (χ2n) is 5.54. The van der Waals surface area contributed by atoms with E-state index in [1.807, 2.05) is 0 Å². The zero-order valence-electron chi connectivity index (χ0n) is 11.9. The molecule has 4 heterocycles. The van der Waals surface area contributed by atoms with Gasteiger partial charge in [0.1, 0.15) is 34.5 Å². The molecule has 0 bridgehead atoms. The van der Waals surface area contributed by atoms with Crippen LogP contribution in [-0.4, -0.2) is 34.5 Å². The summed E-state index contributed by atoms with van der Waals surface area (Å²) < 4.78 is 25.8. The van der Waals surface area contributed by atoms with Gasteiger partial charge < -0.3 is 18.9 Å². The Labute approximate surface area is 132 Å². The first kappa shape index (κ1) is 13.5. The van der Waals surface area contributed by atoms with Crippen molar-refractivity contribution in [2.45, 2.75) is 13.1 Å². The molecular weight excluding hydrogens is 324 g/mol. The van der Waals surface area contributed by atoms with Gasteiger partial charge in [-0.05, 0) is 0 Å². The predicted octanol–water partition coefficient (Wildman–Crippen LogP) is 2.17. The fraction of sp³-hybridized carbons (Fsp3) is 0.429. The van der Waals surface area contributed by atoms with E-state index in [0.29, 0.717) is 26.4 Å². The van der Waals surface area contributed by atoms with Crippen molar-refractivity contribution in [1.82, 2.24) is 0 Å². The van der Waals surface area contributed by atoms with Crippen molar-refractivity contribution in [3.8, 4) is 23.0 Å². The van der Waals surface area contributed by atoms with Crippen molar-refractivity contribution in [3.63, 3.8) is 0 Å². The molecule has 2 aliphatic rings. The molecule has 0 atom stereocenters. The summed E-state index contributed by atoms with van der Waals surface area (Å²) in [4.78, 5) is 0. The summed E-state index contributed by atoms with van der Waals surface area (Å²) in [5.41, 5.74) is 0. The molecule has 0 fully saturated rings. The Morgan fingerprint density at radius 1 is 0.762 bits per heavy atom. The van der Waals surface area contributed by atoms with Gasteiger partial charge in [0.15, 0.2) is 23.0 Å². The van der Waals surface area contributed by atoms with Gasteiger partial charge in [-0.25, -0.2) is 0 Å². The lowest BCUT2D eigenvalue weighted by Crippen LogP contribution is -2.51. The summed E-state index contributed by atoms with van der Waals surface area (Å²) in [5, 5.41) is 4.13. The standard InChI is InChI=1S/C14H16O4S2Si/c1-21(2,13-11-9(7-19-13)15-3-5-17-11)14-12-10(8-20-14)16-4-6-18-12/h7-8H,3-6H2,1-2H3. The van der Waals surface area contributed by atoms with E-state index < -0.39 is 8.07 Å². The van der Waals surface area contributed by atoms with Crippen LogP contribution in [0.4, 0.5) is 0 Å². The molecule has 21 heavy (non-hydrogen) atoms. The minimum Gasteiger partial charge on any atom is -0.485 e. The van der Waals surface area contributed by atoms with Gasteiger partial charge in [-0.2, -0.15) is 0 Å². The first-order valence-electron chi connectivity index (χ1n) is 6.93. The normalized spacial score (nSPS) is 16.9. The summed E-state index contributed by atoms with van der Waals surface area (Å²) in [7, 11) is -1.88. The van der Waals surface area contributed by atoms with Gasteiger partial charge in [-0.3, -0.25) is 0 Å². The lowest BCUT2D eigenvalue weighted by molar-refractivity contribution is 0.174. The number of hydrogen-bond acceptors (Lipinski definition) is 6. The highest BCUT2D eigenvalue weighted by atomic mass is 32.1. The van der Waals surface area contributed by atoms with Crippen LogP contribution < -0.4 is 27.9 Å². The smallest absolute Gasteiger partial charge is 0.171 e. The van der Waals surface area contributed by atoms with Crippen molar-refractivity contribution < 1.29 is 18.9 Å². The molecule has 0 aromatic carbocycles. The molecule has 0 saturated carbocycles. The van der Waals surface area contributed by atoms with Gasteiger partial charge in [0.05, 0.1) is 0 Å². The highest BCUT2D eigenvalue weighted by Gasteiger charge is 2.39. The Kier molecular flexibility index (Phi) is 3.16. The Morgan fingerprint density at radius 3 is 1.67 bits per heavy atom. The molecular formula is C14H16O4S2Si. The highest BCUT2D eigenvalue weighted by molar-refractivity contribution is 7.36. The summed E-state index contributed by atoms with van der Waals surface area (Å²) in [6.45, 7) is 7.20. The molecule has 0 saturated heterocycles. The quantitative estimate of drug-likeness (QED) is 0.785. The Hall–Kier alpha value is -1.18. The summed E-state index contributed by atoms with van der Waals surface area (Å²) in [6, 6.07) is 0. The van der Waals surface area contributed by atoms with Crippen LogP contribution in [0.1, 0.15) is 0 Å². The molecule has 4 rings (SSSR count). The first-order valence-corrected chi connectivity index (χ1v) is 11.7. The fourth-order valence-corrected chi connectivity index (χ4v) is 9.27. The maximum atomic E-state index is 5.88. The summed E-state index contributed by atoms with van der Waals surface area (Å²) in [6.07, 6.45) is 0. The molecule has 0 spiro atoms. The minimum atomic E-state index is -1.88. The molecule has 0 unspecified atom stereocenters. The Balaban J connectivity index is 1.79. The fourth-order valence-electron chi connectivity index (χ4n) is 2.69. The average Bonchev–Trinajstić information content (AvgIpc) is 3.12. The van der Waals surface area contributed by atoms with Crippen LogP contribution in [0.3, 0.4) is 0 Å². The molecule has 0 amide bonds. The van der Waals surface area contributed by atoms with E-state index in [2.05, 4.69) is 23.9 Å². The lowest BCUT2D eigenvalue weighted by atomic mass is 10.5. The van der Waals surface area contributed by atoms with Crippen LogP contribution in [0.15, 0.2) is 10.8 Å². The van der Waals surface area contributed by atoms with Crippen LogP contribution in [0, 0.1) is 0 Å². The number of ether oxygens (including phenoxy) is 4. The van der Waals surface area contributed by atoms with Crippen molar-refractivity contribution >= 4 is 39.7 Å². The van der Waals surface area contributed by atoms with Crippen LogP contribution >= 0.6 is 22.7 Å². The van der Waals surface area contributed by atoms with Crippen LogP contribution in [0.2, 0.25) is 13.1 Å². The third kappa shape index (κ3) is 2.06. The summed E-state index contributed by atoms with van der Waals surface area (Å²) in [5.74, 6) is 3.68. The third-order valence-corrected chi connectivity index (χ3v) is 11.7. The summed E-state index contributed by atoms with van der Waals surface area (Å²) >= 11 is 3.49. The Bertz CT molecular complexity index is 620. The molecule has 2 aromatic rings. The van der Waals surface area contributed by atoms with Gasteiger partial charge in [0.25, 0.3) is 0 Å². The maximum Gasteiger partial charge on any atom is 0.171 e. The van der Waals surface area contributed by atoms with E-state index in [-0.39, 0.29) is 0 Å². The zero-order chi connectivity index (χ0) is 14.4. The van der Waals surface area contributed by atoms with Crippen molar-refractivity contribution in [1.29, 1.82) is 0 Å². The topological polar surface area (TPSA) is 36.9 Å². The molecule has 4 nitrogen and oxygen atoms in total. The van der Waals surface area contributed by atoms with E-state index >= 15 is 0 Å². The van der Waals surface area contributed by atoms with Gasteiger partial charge in [-0.15, -0.1) is 22.7 Å². The van der Waals surface area contributed by atoms with E-state index in [0.717, 1.165) is 23.0 Å². The largest absolute Gasteiger partial charge is 0.485 e. The van der Waals surface area contributed by atoms with Gasteiger partial charge >= 0.3 is 0 Å². The van der Waals surface area contributed by atoms with Gasteiger partial charge in [-0.1, -0.05) is 13.1 Å². The number of fused-ring (bicyclic) bond motifs is 2. The van der Waals surface area contributed by atoms with E-state index in [4.69, 9.17) is 18.9 Å². The van der Waals surface area contributed by atoms with Crippen LogP contribution in [0.25, 0.3) is 0 Å². The zero-order valence-corrected chi connectivity index (χ0v) is 14.6. The highest BCUT2D eigenvalue weighted by Crippen LogP contribution is 2.38. The van der Waals surface area contributed by atoms with Gasteiger partial charge in [0.2, 0.25) is 0 Å². The molecule has 0 aliphatic carbocycles. The monoisotopic (exact) mass is 340 g/mol. The van der Waals surface area contributed by atoms with Gasteiger partial charge in [0, 0.05) is 19.8 Å². The predicted molar refractivity (Wildman–Crippen MR) is 87.4 cm³/mol. The second kappa shape index (κ2) is 4.93. The second-order valence-corrected chi connectivity index (χ2v) is 12.3. The van der Waals surface area contributed by atoms with Crippen molar-refractivity contribution in [2.75, 3.05) is 26.4 Å². The van der Waals surface area contributed by atoms with Crippen molar-refractivity contribution in [2.24, 2.45) is 0 Å². The molecule has 0 radical (unpaired) electrons. The van der Waals surface area contributed by atoms with Crippen LogP contribution in [0.5, 0.6) is 23.0 Å². The molecule has 2 aliphatic heterocycles.